The molecule has 0 spiro atoms. The highest BCUT2D eigenvalue weighted by atomic mass is 16.4. The molecule has 0 saturated carbocycles. The number of aliphatic carboxylic acids is 1. The molecule has 2 aromatic rings. The molecule has 2 heterocycles. The van der Waals surface area contributed by atoms with Crippen molar-refractivity contribution in [2.75, 3.05) is 13.1 Å². The number of piperidine rings is 1. The lowest BCUT2D eigenvalue weighted by Crippen LogP contribution is -2.40. The topological polar surface area (TPSA) is 62.5 Å². The number of amides is 1. The van der Waals surface area contributed by atoms with E-state index in [1.165, 1.54) is 0 Å². The number of para-hydroxylation sites is 1. The number of aromatic nitrogens is 1. The summed E-state index contributed by atoms with van der Waals surface area (Å²) in [5.74, 6) is -0.427. The van der Waals surface area contributed by atoms with Gasteiger partial charge in [-0.1, -0.05) is 18.2 Å². The lowest BCUT2D eigenvalue weighted by Gasteiger charge is -2.32. The van der Waals surface area contributed by atoms with Gasteiger partial charge in [-0.25, -0.2) is 0 Å². The molecule has 0 bridgehead atoms. The van der Waals surface area contributed by atoms with Gasteiger partial charge in [0, 0.05) is 37.5 Å². The molecule has 0 aliphatic carbocycles. The maximum Gasteiger partial charge on any atom is 0.303 e. The van der Waals surface area contributed by atoms with Crippen LogP contribution in [-0.2, 0) is 11.8 Å². The second kappa shape index (κ2) is 6.44. The number of hydrogen-bond acceptors (Lipinski definition) is 2. The van der Waals surface area contributed by atoms with Gasteiger partial charge in [0.1, 0.15) is 5.69 Å². The van der Waals surface area contributed by atoms with Crippen molar-refractivity contribution in [1.29, 1.82) is 0 Å². The minimum atomic E-state index is -0.762. The molecule has 1 aromatic heterocycles. The van der Waals surface area contributed by atoms with Gasteiger partial charge in [-0.2, -0.15) is 0 Å². The Kier molecular flexibility index (Phi) is 4.37. The van der Waals surface area contributed by atoms with Crippen LogP contribution in [0.25, 0.3) is 10.9 Å². The van der Waals surface area contributed by atoms with Gasteiger partial charge in [0.2, 0.25) is 0 Å². The third-order valence-electron chi connectivity index (χ3n) is 4.74. The zero-order valence-corrected chi connectivity index (χ0v) is 13.4. The van der Waals surface area contributed by atoms with Gasteiger partial charge >= 0.3 is 5.97 Å². The smallest absolute Gasteiger partial charge is 0.303 e. The number of carbonyl (C=O) groups is 2. The number of fused-ring (bicyclic) bond motifs is 1. The van der Waals surface area contributed by atoms with Crippen LogP contribution in [-0.4, -0.2) is 39.5 Å². The van der Waals surface area contributed by atoms with E-state index >= 15 is 0 Å². The summed E-state index contributed by atoms with van der Waals surface area (Å²) >= 11 is 0. The van der Waals surface area contributed by atoms with Crippen molar-refractivity contribution < 1.29 is 14.7 Å². The van der Waals surface area contributed by atoms with Gasteiger partial charge in [0.15, 0.2) is 0 Å². The van der Waals surface area contributed by atoms with Gasteiger partial charge in [-0.15, -0.1) is 0 Å². The number of rotatable bonds is 4. The minimum absolute atomic E-state index is 0.0451. The van der Waals surface area contributed by atoms with E-state index in [9.17, 15) is 9.59 Å². The molecule has 5 heteroatoms. The summed E-state index contributed by atoms with van der Waals surface area (Å²) < 4.78 is 1.94. The molecule has 5 nitrogen and oxygen atoms in total. The first-order valence-corrected chi connectivity index (χ1v) is 8.12. The fourth-order valence-corrected chi connectivity index (χ4v) is 3.47. The van der Waals surface area contributed by atoms with E-state index < -0.39 is 5.97 Å². The molecule has 1 aromatic carbocycles. The number of carboxylic acid groups (broad SMARTS) is 1. The van der Waals surface area contributed by atoms with Gasteiger partial charge in [0.05, 0.1) is 0 Å². The normalized spacial score (nSPS) is 18.3. The number of benzene rings is 1. The van der Waals surface area contributed by atoms with Crippen LogP contribution in [0.4, 0.5) is 0 Å². The van der Waals surface area contributed by atoms with Crippen LogP contribution in [0.15, 0.2) is 30.3 Å². The zero-order chi connectivity index (χ0) is 16.4. The largest absolute Gasteiger partial charge is 0.481 e. The van der Waals surface area contributed by atoms with Gasteiger partial charge in [0.25, 0.3) is 5.91 Å². The Morgan fingerprint density at radius 1 is 1.30 bits per heavy atom. The first-order valence-electron chi connectivity index (χ1n) is 8.12. The Morgan fingerprint density at radius 2 is 2.09 bits per heavy atom. The van der Waals surface area contributed by atoms with Crippen molar-refractivity contribution in [3.8, 4) is 0 Å². The number of carboxylic acids is 1. The predicted molar refractivity (Wildman–Crippen MR) is 88.4 cm³/mol. The van der Waals surface area contributed by atoms with Crippen LogP contribution in [0.1, 0.15) is 36.2 Å². The third-order valence-corrected chi connectivity index (χ3v) is 4.74. The molecule has 0 radical (unpaired) electrons. The Hall–Kier alpha value is -2.30. The molecule has 3 rings (SSSR count). The fraction of sp³-hybridized carbons (Fsp3) is 0.444. The SMILES string of the molecule is Cn1c(C(=O)N2CCC[C@H](CCC(=O)O)C2)cc2ccccc21. The van der Waals surface area contributed by atoms with Crippen molar-refractivity contribution in [1.82, 2.24) is 9.47 Å². The van der Waals surface area contributed by atoms with Gasteiger partial charge in [-0.05, 0) is 37.3 Å². The first kappa shape index (κ1) is 15.6. The standard InChI is InChI=1S/C18H22N2O3/c1-19-15-7-3-2-6-14(15)11-16(19)18(23)20-10-4-5-13(12-20)8-9-17(21)22/h2-3,6-7,11,13H,4-5,8-10,12H2,1H3,(H,21,22)/t13-/m1/s1. The summed E-state index contributed by atoms with van der Waals surface area (Å²) in [4.78, 5) is 25.5. The van der Waals surface area contributed by atoms with Crippen LogP contribution >= 0.6 is 0 Å². The Bertz CT molecular complexity index is 735. The highest BCUT2D eigenvalue weighted by molar-refractivity contribution is 5.98. The molecule has 1 atom stereocenters. The van der Waals surface area contributed by atoms with E-state index in [4.69, 9.17) is 5.11 Å². The van der Waals surface area contributed by atoms with Crippen LogP contribution in [0, 0.1) is 5.92 Å². The Balaban J connectivity index is 1.76. The number of carbonyl (C=O) groups excluding carboxylic acids is 1. The first-order chi connectivity index (χ1) is 11.1. The molecule has 1 amide bonds. The maximum atomic E-state index is 12.9. The van der Waals surface area contributed by atoms with Crippen molar-refractivity contribution in [3.63, 3.8) is 0 Å². The highest BCUT2D eigenvalue weighted by Gasteiger charge is 2.26. The lowest BCUT2D eigenvalue weighted by atomic mass is 9.93. The molecular formula is C18H22N2O3. The fourth-order valence-electron chi connectivity index (χ4n) is 3.47. The van der Waals surface area contributed by atoms with E-state index in [0.29, 0.717) is 24.6 Å². The number of likely N-dealkylation sites (tertiary alicyclic amines) is 1. The quantitative estimate of drug-likeness (QED) is 0.944. The van der Waals surface area contributed by atoms with Crippen LogP contribution in [0.2, 0.25) is 0 Å². The summed E-state index contributed by atoms with van der Waals surface area (Å²) in [6, 6.07) is 9.91. The maximum absolute atomic E-state index is 12.9. The summed E-state index contributed by atoms with van der Waals surface area (Å²) in [6.45, 7) is 1.41. The van der Waals surface area contributed by atoms with Gasteiger partial charge < -0.3 is 14.6 Å². The van der Waals surface area contributed by atoms with E-state index in [-0.39, 0.29) is 12.3 Å². The molecule has 1 aliphatic rings. The molecule has 23 heavy (non-hydrogen) atoms. The van der Waals surface area contributed by atoms with Gasteiger partial charge in [-0.3, -0.25) is 9.59 Å². The molecule has 0 unspecified atom stereocenters. The predicted octanol–water partition coefficient (Wildman–Crippen LogP) is 2.90. The number of nitrogens with zero attached hydrogens (tertiary/aromatic N) is 2. The molecular weight excluding hydrogens is 292 g/mol. The van der Waals surface area contributed by atoms with Crippen molar-refractivity contribution in [2.24, 2.45) is 13.0 Å². The second-order valence-electron chi connectivity index (χ2n) is 6.34. The van der Waals surface area contributed by atoms with Crippen molar-refractivity contribution >= 4 is 22.8 Å². The average Bonchev–Trinajstić information content (AvgIpc) is 2.90. The second-order valence-corrected chi connectivity index (χ2v) is 6.34. The minimum Gasteiger partial charge on any atom is -0.481 e. The van der Waals surface area contributed by atoms with Crippen LogP contribution in [0.3, 0.4) is 0 Å². The summed E-state index contributed by atoms with van der Waals surface area (Å²) in [6.07, 6.45) is 2.78. The average molecular weight is 314 g/mol. The molecule has 1 N–H and O–H groups in total. The molecule has 122 valence electrons. The van der Waals surface area contributed by atoms with Crippen LogP contribution < -0.4 is 0 Å². The summed E-state index contributed by atoms with van der Waals surface area (Å²) in [7, 11) is 1.92. The van der Waals surface area contributed by atoms with Crippen LogP contribution in [0.5, 0.6) is 0 Å². The summed E-state index contributed by atoms with van der Waals surface area (Å²) in [5.41, 5.74) is 1.75. The van der Waals surface area contributed by atoms with Crippen molar-refractivity contribution in [3.05, 3.63) is 36.0 Å². The number of hydrogen-bond donors (Lipinski definition) is 1. The van der Waals surface area contributed by atoms with E-state index in [2.05, 4.69) is 0 Å². The van der Waals surface area contributed by atoms with E-state index in [1.54, 1.807) is 0 Å². The zero-order valence-electron chi connectivity index (χ0n) is 13.4. The molecule has 1 saturated heterocycles. The Labute approximate surface area is 135 Å². The number of aryl methyl sites for hydroxylation is 1. The monoisotopic (exact) mass is 314 g/mol. The van der Waals surface area contributed by atoms with Crippen molar-refractivity contribution in [2.45, 2.75) is 25.7 Å². The Morgan fingerprint density at radius 3 is 2.83 bits per heavy atom. The van der Waals surface area contributed by atoms with E-state index in [1.807, 2.05) is 46.8 Å². The molecule has 1 aliphatic heterocycles. The lowest BCUT2D eigenvalue weighted by molar-refractivity contribution is -0.137. The molecule has 1 fully saturated rings. The third kappa shape index (κ3) is 3.23. The highest BCUT2D eigenvalue weighted by Crippen LogP contribution is 2.24. The van der Waals surface area contributed by atoms with E-state index in [0.717, 1.165) is 30.3 Å². The summed E-state index contributed by atoms with van der Waals surface area (Å²) in [5, 5.41) is 9.90.